The van der Waals surface area contributed by atoms with Gasteiger partial charge in [0.05, 0.1) is 29.9 Å². The third-order valence-electron chi connectivity index (χ3n) is 4.96. The SMILES string of the molecule is CCOC[C@@]1(C#N)[C@H](S(=O)(=O)c2ccc(Cl)cc2)[C@@H]1c1ccc(OC)cc1. The van der Waals surface area contributed by atoms with Crippen molar-refractivity contribution in [3.63, 3.8) is 0 Å². The van der Waals surface area contributed by atoms with Gasteiger partial charge in [-0.2, -0.15) is 5.26 Å². The van der Waals surface area contributed by atoms with Crippen molar-refractivity contribution in [1.29, 1.82) is 5.26 Å². The zero-order valence-electron chi connectivity index (χ0n) is 15.1. The van der Waals surface area contributed by atoms with Crippen LogP contribution in [0.3, 0.4) is 0 Å². The van der Waals surface area contributed by atoms with E-state index in [4.69, 9.17) is 21.1 Å². The number of rotatable bonds is 7. The maximum atomic E-state index is 13.3. The van der Waals surface area contributed by atoms with Gasteiger partial charge in [-0.1, -0.05) is 23.7 Å². The molecule has 0 radical (unpaired) electrons. The Hall–Kier alpha value is -2.07. The van der Waals surface area contributed by atoms with Crippen molar-refractivity contribution in [2.24, 2.45) is 5.41 Å². The van der Waals surface area contributed by atoms with Gasteiger partial charge in [-0.3, -0.25) is 0 Å². The van der Waals surface area contributed by atoms with Crippen LogP contribution in [-0.2, 0) is 14.6 Å². The quantitative estimate of drug-likeness (QED) is 0.699. The first-order chi connectivity index (χ1) is 12.9. The van der Waals surface area contributed by atoms with Crippen LogP contribution in [0.2, 0.25) is 5.02 Å². The van der Waals surface area contributed by atoms with Crippen LogP contribution in [0.1, 0.15) is 18.4 Å². The van der Waals surface area contributed by atoms with E-state index in [2.05, 4.69) is 6.07 Å². The van der Waals surface area contributed by atoms with E-state index in [0.29, 0.717) is 17.4 Å². The fourth-order valence-electron chi connectivity index (χ4n) is 3.52. The molecule has 1 fully saturated rings. The summed E-state index contributed by atoms with van der Waals surface area (Å²) in [4.78, 5) is 0.157. The Morgan fingerprint density at radius 2 is 1.78 bits per heavy atom. The summed E-state index contributed by atoms with van der Waals surface area (Å²) in [5, 5.41) is 9.48. The fourth-order valence-corrected chi connectivity index (χ4v) is 5.96. The Morgan fingerprint density at radius 1 is 1.15 bits per heavy atom. The normalized spacial score (nSPS) is 24.2. The first-order valence-corrected chi connectivity index (χ1v) is 10.5. The fraction of sp³-hybridized carbons (Fsp3) is 0.350. The number of methoxy groups -OCH3 is 1. The van der Waals surface area contributed by atoms with Gasteiger partial charge in [-0.15, -0.1) is 0 Å². The topological polar surface area (TPSA) is 76.4 Å². The lowest BCUT2D eigenvalue weighted by Gasteiger charge is -2.10. The monoisotopic (exact) mass is 405 g/mol. The van der Waals surface area contributed by atoms with Crippen LogP contribution in [0.5, 0.6) is 5.75 Å². The number of halogens is 1. The van der Waals surface area contributed by atoms with Crippen LogP contribution in [0.15, 0.2) is 53.4 Å². The Morgan fingerprint density at radius 3 is 2.30 bits per heavy atom. The first kappa shape index (κ1) is 19.7. The Kier molecular flexibility index (Phi) is 5.48. The highest BCUT2D eigenvalue weighted by Crippen LogP contribution is 2.64. The summed E-state index contributed by atoms with van der Waals surface area (Å²) in [5.74, 6) is 0.199. The average molecular weight is 406 g/mol. The Balaban J connectivity index is 2.04. The lowest BCUT2D eigenvalue weighted by atomic mass is 10.0. The standard InChI is InChI=1S/C20H20ClNO4S/c1-3-26-13-20(12-22)18(14-4-8-16(25-2)9-5-14)19(20)27(23,24)17-10-6-15(21)7-11-17/h4-11,18-19H,3,13H2,1-2H3/t18-,19+,20+/m0/s1. The number of nitrogens with zero attached hydrogens (tertiary/aromatic N) is 1. The van der Waals surface area contributed by atoms with Crippen molar-refractivity contribution >= 4 is 21.4 Å². The highest BCUT2D eigenvalue weighted by Gasteiger charge is 2.72. The molecule has 142 valence electrons. The smallest absolute Gasteiger partial charge is 0.183 e. The molecule has 0 aromatic heterocycles. The number of hydrogen-bond donors (Lipinski definition) is 0. The number of benzene rings is 2. The van der Waals surface area contributed by atoms with Crippen molar-refractivity contribution in [1.82, 2.24) is 0 Å². The van der Waals surface area contributed by atoms with E-state index < -0.39 is 26.4 Å². The van der Waals surface area contributed by atoms with Crippen LogP contribution in [0, 0.1) is 16.7 Å². The van der Waals surface area contributed by atoms with Gasteiger partial charge in [0.15, 0.2) is 9.84 Å². The minimum absolute atomic E-state index is 0.0637. The molecule has 1 aliphatic carbocycles. The van der Waals surface area contributed by atoms with E-state index in [1.54, 1.807) is 31.4 Å². The molecular weight excluding hydrogens is 386 g/mol. The summed E-state index contributed by atoms with van der Waals surface area (Å²) in [5.41, 5.74) is -0.345. The molecule has 2 aromatic carbocycles. The predicted octanol–water partition coefficient (Wildman–Crippen LogP) is 3.83. The molecule has 0 aliphatic heterocycles. The van der Waals surface area contributed by atoms with E-state index in [9.17, 15) is 13.7 Å². The molecule has 0 amide bonds. The van der Waals surface area contributed by atoms with Gasteiger partial charge in [-0.25, -0.2) is 8.42 Å². The Bertz CT molecular complexity index is 951. The lowest BCUT2D eigenvalue weighted by Crippen LogP contribution is -2.19. The number of hydrogen-bond acceptors (Lipinski definition) is 5. The summed E-state index contributed by atoms with van der Waals surface area (Å²) < 4.78 is 37.2. The van der Waals surface area contributed by atoms with Crippen LogP contribution < -0.4 is 4.74 Å². The molecule has 1 aliphatic rings. The number of sulfone groups is 1. The van der Waals surface area contributed by atoms with Crippen molar-refractivity contribution in [2.45, 2.75) is 23.0 Å². The minimum Gasteiger partial charge on any atom is -0.497 e. The van der Waals surface area contributed by atoms with E-state index >= 15 is 0 Å². The van der Waals surface area contributed by atoms with E-state index in [-0.39, 0.29) is 11.5 Å². The summed E-state index contributed by atoms with van der Waals surface area (Å²) in [6.45, 7) is 2.29. The largest absolute Gasteiger partial charge is 0.497 e. The van der Waals surface area contributed by atoms with E-state index in [1.165, 1.54) is 24.3 Å². The van der Waals surface area contributed by atoms with Gasteiger partial charge in [-0.05, 0) is 48.9 Å². The van der Waals surface area contributed by atoms with Gasteiger partial charge in [0.25, 0.3) is 0 Å². The van der Waals surface area contributed by atoms with Crippen molar-refractivity contribution in [3.05, 3.63) is 59.1 Å². The second kappa shape index (κ2) is 7.51. The van der Waals surface area contributed by atoms with Gasteiger partial charge in [0.1, 0.15) is 11.2 Å². The second-order valence-corrected chi connectivity index (χ2v) is 8.97. The molecule has 27 heavy (non-hydrogen) atoms. The number of nitriles is 1. The summed E-state index contributed by atoms with van der Waals surface area (Å²) in [6, 6.07) is 15.4. The summed E-state index contributed by atoms with van der Waals surface area (Å²) in [7, 11) is -2.17. The third-order valence-corrected chi connectivity index (χ3v) is 7.50. The number of ether oxygens (including phenoxy) is 2. The molecule has 0 N–H and O–H groups in total. The second-order valence-electron chi connectivity index (χ2n) is 6.46. The summed E-state index contributed by atoms with van der Waals surface area (Å²) in [6.07, 6.45) is 0. The minimum atomic E-state index is -3.74. The van der Waals surface area contributed by atoms with Crippen LogP contribution >= 0.6 is 11.6 Å². The third kappa shape index (κ3) is 3.43. The zero-order valence-corrected chi connectivity index (χ0v) is 16.6. The average Bonchev–Trinajstić information content (AvgIpc) is 3.37. The van der Waals surface area contributed by atoms with Crippen LogP contribution in [-0.4, -0.2) is 34.0 Å². The first-order valence-electron chi connectivity index (χ1n) is 8.53. The summed E-state index contributed by atoms with van der Waals surface area (Å²) >= 11 is 5.88. The molecule has 0 saturated heterocycles. The molecule has 5 nitrogen and oxygen atoms in total. The molecule has 2 aromatic rings. The van der Waals surface area contributed by atoms with Crippen molar-refractivity contribution in [2.75, 3.05) is 20.3 Å². The maximum absolute atomic E-state index is 13.3. The Labute approximate surface area is 164 Å². The lowest BCUT2D eigenvalue weighted by molar-refractivity contribution is 0.117. The van der Waals surface area contributed by atoms with Gasteiger partial charge in [0, 0.05) is 17.5 Å². The van der Waals surface area contributed by atoms with Crippen LogP contribution in [0.25, 0.3) is 0 Å². The van der Waals surface area contributed by atoms with Crippen LogP contribution in [0.4, 0.5) is 0 Å². The van der Waals surface area contributed by atoms with Gasteiger partial charge < -0.3 is 9.47 Å². The molecule has 1 saturated carbocycles. The van der Waals surface area contributed by atoms with Crippen molar-refractivity contribution in [3.8, 4) is 11.8 Å². The van der Waals surface area contributed by atoms with E-state index in [1.807, 2.05) is 6.92 Å². The van der Waals surface area contributed by atoms with Gasteiger partial charge >= 0.3 is 0 Å². The predicted molar refractivity (Wildman–Crippen MR) is 103 cm³/mol. The maximum Gasteiger partial charge on any atom is 0.183 e. The molecule has 7 heteroatoms. The molecule has 0 bridgehead atoms. The molecule has 3 atom stereocenters. The molecule has 0 spiro atoms. The molecule has 0 unspecified atom stereocenters. The van der Waals surface area contributed by atoms with E-state index in [0.717, 1.165) is 5.56 Å². The highest BCUT2D eigenvalue weighted by molar-refractivity contribution is 7.92. The zero-order chi connectivity index (χ0) is 19.7. The van der Waals surface area contributed by atoms with Crippen molar-refractivity contribution < 1.29 is 17.9 Å². The highest BCUT2D eigenvalue weighted by atomic mass is 35.5. The molecule has 3 rings (SSSR count). The van der Waals surface area contributed by atoms with Gasteiger partial charge in [0.2, 0.25) is 0 Å². The molecule has 0 heterocycles. The molecular formula is C20H20ClNO4S.